The van der Waals surface area contributed by atoms with E-state index in [-0.39, 0.29) is 20.4 Å². The number of rotatable bonds is 9. The average Bonchev–Trinajstić information content (AvgIpc) is 3.69. The molecule has 0 radical (unpaired) electrons. The fourth-order valence-corrected chi connectivity index (χ4v) is 7.13. The van der Waals surface area contributed by atoms with E-state index in [1.165, 1.54) is 0 Å². The quantitative estimate of drug-likeness (QED) is 0.107. The number of hydrogen-bond acceptors (Lipinski definition) is 5. The molecule has 9 aromatic rings. The molecular weight excluding hydrogens is 787 g/mol. The Kier molecular flexibility index (Phi) is 10.0. The molecule has 0 aliphatic heterocycles. The molecule has 0 aliphatic rings. The largest absolute Gasteiger partial charge is 2.00 e. The molecule has 7 nitrogen and oxygen atoms in total. The zero-order valence-electron chi connectivity index (χ0n) is 31.2. The van der Waals surface area contributed by atoms with Crippen LogP contribution in [0.1, 0.15) is 22.5 Å². The van der Waals surface area contributed by atoms with Crippen LogP contribution in [0.2, 0.25) is 0 Å². The number of fused-ring (bicyclic) bond motifs is 3. The molecule has 0 atom stereocenters. The zero-order valence-corrected chi connectivity index (χ0v) is 32.7. The van der Waals surface area contributed by atoms with Gasteiger partial charge in [-0.2, -0.15) is 17.2 Å². The van der Waals surface area contributed by atoms with E-state index in [0.717, 1.165) is 78.5 Å². The summed E-state index contributed by atoms with van der Waals surface area (Å²) >= 11 is 0. The maximum absolute atomic E-state index is 6.62. The summed E-state index contributed by atoms with van der Waals surface area (Å²) in [5.74, 6) is 4.76. The van der Waals surface area contributed by atoms with Gasteiger partial charge in [-0.1, -0.05) is 66.2 Å². The van der Waals surface area contributed by atoms with Crippen molar-refractivity contribution < 1.29 is 34.6 Å². The van der Waals surface area contributed by atoms with Crippen molar-refractivity contribution in [2.75, 3.05) is 0 Å². The normalized spacial score (nSPS) is 11.1. The standard InChI is InChI=1S/C48H36N4O3.Pd/c1-31-26-27-49-45(28-31)51-42-21-12-11-20-40(42)41-24-23-39(30-43(41)51)53-38-19-13-14-35(29-38)52-34(4)46(33(3)50-52)47-44(54-36-15-7-5-8-16-36)25-22-32(2)48(47)55-37-17-9-6-10-18-37;/h5-28H,1-4H3;/q-2;+2. The van der Waals surface area contributed by atoms with Gasteiger partial charge in [-0.15, -0.1) is 35.7 Å². The number of ether oxygens (including phenoxy) is 3. The van der Waals surface area contributed by atoms with E-state index in [4.69, 9.17) is 24.3 Å². The molecule has 0 saturated carbocycles. The Labute approximate surface area is 339 Å². The van der Waals surface area contributed by atoms with E-state index in [2.05, 4.69) is 60.9 Å². The van der Waals surface area contributed by atoms with Crippen LogP contribution in [0.5, 0.6) is 34.5 Å². The van der Waals surface area contributed by atoms with Gasteiger partial charge < -0.3 is 18.8 Å². The van der Waals surface area contributed by atoms with Crippen molar-refractivity contribution in [2.45, 2.75) is 27.7 Å². The zero-order chi connectivity index (χ0) is 37.5. The molecule has 8 heteroatoms. The third kappa shape index (κ3) is 6.86. The van der Waals surface area contributed by atoms with Crippen LogP contribution in [0.25, 0.3) is 44.4 Å². The van der Waals surface area contributed by atoms with Crippen LogP contribution >= 0.6 is 0 Å². The molecule has 0 aliphatic carbocycles. The Morgan fingerprint density at radius 3 is 2.07 bits per heavy atom. The number of para-hydroxylation sites is 3. The third-order valence-corrected chi connectivity index (χ3v) is 9.68. The smallest absolute Gasteiger partial charge is 0.509 e. The molecule has 3 aromatic heterocycles. The predicted octanol–water partition coefficient (Wildman–Crippen LogP) is 12.2. The summed E-state index contributed by atoms with van der Waals surface area (Å²) in [6, 6.07) is 52.9. The number of pyridine rings is 1. The van der Waals surface area contributed by atoms with Gasteiger partial charge in [0, 0.05) is 34.5 Å². The summed E-state index contributed by atoms with van der Waals surface area (Å²) in [7, 11) is 0. The second-order valence-electron chi connectivity index (χ2n) is 13.5. The molecule has 0 fully saturated rings. The first-order valence-corrected chi connectivity index (χ1v) is 18.2. The van der Waals surface area contributed by atoms with Crippen LogP contribution in [-0.2, 0) is 20.4 Å². The Morgan fingerprint density at radius 2 is 1.30 bits per heavy atom. The predicted molar refractivity (Wildman–Crippen MR) is 217 cm³/mol. The minimum Gasteiger partial charge on any atom is -0.509 e. The van der Waals surface area contributed by atoms with Gasteiger partial charge in [0.15, 0.2) is 0 Å². The second-order valence-corrected chi connectivity index (χ2v) is 13.5. The van der Waals surface area contributed by atoms with Crippen molar-refractivity contribution in [1.82, 2.24) is 19.3 Å². The summed E-state index contributed by atoms with van der Waals surface area (Å²) in [6.45, 7) is 8.18. The van der Waals surface area contributed by atoms with Crippen LogP contribution in [-0.4, -0.2) is 19.3 Å². The van der Waals surface area contributed by atoms with Crippen molar-refractivity contribution in [1.29, 1.82) is 0 Å². The van der Waals surface area contributed by atoms with Crippen LogP contribution in [0.3, 0.4) is 0 Å². The SMILES string of the molecule is Cc1ccnc(-n2c3[c-]c(Oc4[c-]c(-n5nc(C)c(-c6c(Oc7ccccc7)ccc(C)c6Oc6ccccc6)c5C)ccc4)ccc3c3ccccc32)c1.[Pd+2]. The summed E-state index contributed by atoms with van der Waals surface area (Å²) in [5.41, 5.74) is 8.22. The van der Waals surface area contributed by atoms with E-state index in [1.807, 2.05) is 134 Å². The van der Waals surface area contributed by atoms with Gasteiger partial charge >= 0.3 is 20.4 Å². The Morgan fingerprint density at radius 1 is 0.589 bits per heavy atom. The first-order chi connectivity index (χ1) is 26.9. The minimum absolute atomic E-state index is 0. The van der Waals surface area contributed by atoms with Crippen molar-refractivity contribution >= 4 is 21.8 Å². The summed E-state index contributed by atoms with van der Waals surface area (Å²) < 4.78 is 23.7. The molecule has 0 unspecified atom stereocenters. The number of aromatic nitrogens is 4. The van der Waals surface area contributed by atoms with Crippen LogP contribution < -0.4 is 14.2 Å². The number of aryl methyl sites for hydroxylation is 3. The molecule has 3 heterocycles. The fourth-order valence-electron chi connectivity index (χ4n) is 7.13. The maximum atomic E-state index is 6.62. The fraction of sp³-hybridized carbons (Fsp3) is 0.0833. The van der Waals surface area contributed by atoms with Crippen LogP contribution in [0.4, 0.5) is 0 Å². The molecule has 276 valence electrons. The molecule has 0 saturated heterocycles. The van der Waals surface area contributed by atoms with Crippen molar-refractivity contribution in [3.8, 4) is 57.1 Å². The number of benzene rings is 6. The van der Waals surface area contributed by atoms with E-state index in [0.29, 0.717) is 23.0 Å². The van der Waals surface area contributed by atoms with E-state index < -0.39 is 0 Å². The second kappa shape index (κ2) is 15.4. The molecule has 0 N–H and O–H groups in total. The van der Waals surface area contributed by atoms with E-state index >= 15 is 0 Å². The van der Waals surface area contributed by atoms with Gasteiger partial charge in [0.2, 0.25) is 0 Å². The summed E-state index contributed by atoms with van der Waals surface area (Å²) in [6.07, 6.45) is 1.84. The van der Waals surface area contributed by atoms with Gasteiger partial charge in [0.05, 0.1) is 11.3 Å². The maximum Gasteiger partial charge on any atom is 2.00 e. The molecule has 0 amide bonds. The van der Waals surface area contributed by atoms with Crippen LogP contribution in [0, 0.1) is 39.8 Å². The number of hydrogen-bond donors (Lipinski definition) is 0. The number of nitrogens with zero attached hydrogens (tertiary/aromatic N) is 4. The van der Waals surface area contributed by atoms with Crippen molar-refractivity contribution in [3.05, 3.63) is 180 Å². The van der Waals surface area contributed by atoms with Crippen molar-refractivity contribution in [2.24, 2.45) is 0 Å². The van der Waals surface area contributed by atoms with Gasteiger partial charge in [-0.3, -0.25) is 4.68 Å². The Hall–Kier alpha value is -6.46. The minimum atomic E-state index is 0. The van der Waals surface area contributed by atoms with Gasteiger partial charge in [-0.05, 0) is 98.4 Å². The van der Waals surface area contributed by atoms with E-state index in [1.54, 1.807) is 0 Å². The molecule has 56 heavy (non-hydrogen) atoms. The molecular formula is C48H36N4O3Pd. The average molecular weight is 823 g/mol. The molecule has 6 aromatic carbocycles. The first-order valence-electron chi connectivity index (χ1n) is 18.2. The Balaban J connectivity index is 0.00000441. The molecule has 9 rings (SSSR count). The summed E-state index contributed by atoms with van der Waals surface area (Å²) in [4.78, 5) is 4.71. The van der Waals surface area contributed by atoms with Crippen molar-refractivity contribution in [3.63, 3.8) is 0 Å². The van der Waals surface area contributed by atoms with E-state index in [9.17, 15) is 0 Å². The molecule has 0 bridgehead atoms. The van der Waals surface area contributed by atoms with Gasteiger partial charge in [-0.25, -0.2) is 4.98 Å². The van der Waals surface area contributed by atoms with Crippen LogP contribution in [0.15, 0.2) is 146 Å². The monoisotopic (exact) mass is 822 g/mol. The third-order valence-electron chi connectivity index (χ3n) is 9.68. The van der Waals surface area contributed by atoms with Gasteiger partial charge in [0.25, 0.3) is 0 Å². The topological polar surface area (TPSA) is 63.3 Å². The first kappa shape index (κ1) is 36.5. The molecule has 0 spiro atoms. The summed E-state index contributed by atoms with van der Waals surface area (Å²) in [5, 5.41) is 7.25. The van der Waals surface area contributed by atoms with Gasteiger partial charge in [0.1, 0.15) is 28.8 Å². The Bertz CT molecular complexity index is 2850.